The van der Waals surface area contributed by atoms with Crippen molar-refractivity contribution in [3.05, 3.63) is 0 Å². The number of aliphatic carboxylic acids is 1. The van der Waals surface area contributed by atoms with Crippen LogP contribution < -0.4 is 0 Å². The summed E-state index contributed by atoms with van der Waals surface area (Å²) in [5.41, 5.74) is 0. The summed E-state index contributed by atoms with van der Waals surface area (Å²) in [6, 6.07) is -0.799. The van der Waals surface area contributed by atoms with Gasteiger partial charge in [-0.15, -0.1) is 0 Å². The van der Waals surface area contributed by atoms with Gasteiger partial charge >= 0.3 is 5.97 Å². The van der Waals surface area contributed by atoms with Crippen LogP contribution in [0.3, 0.4) is 0 Å². The third-order valence-electron chi connectivity index (χ3n) is 4.17. The number of carbonyl (C=O) groups is 2. The number of hydrogen-bond acceptors (Lipinski definition) is 3. The summed E-state index contributed by atoms with van der Waals surface area (Å²) >= 11 is 0. The maximum atomic E-state index is 12.3. The largest absolute Gasteiger partial charge is 0.480 e. The first-order valence-corrected chi connectivity index (χ1v) is 7.28. The average Bonchev–Trinajstić information content (AvgIpc) is 2.67. The predicted octanol–water partition coefficient (Wildman–Crippen LogP) is 1.66. The van der Waals surface area contributed by atoms with Crippen LogP contribution in [0.25, 0.3) is 0 Å². The third-order valence-corrected chi connectivity index (χ3v) is 4.17. The fourth-order valence-corrected chi connectivity index (χ4v) is 3.04. The van der Waals surface area contributed by atoms with Crippen LogP contribution in [0.1, 0.15) is 44.9 Å². The van der Waals surface area contributed by atoms with Crippen molar-refractivity contribution in [2.45, 2.75) is 51.0 Å². The van der Waals surface area contributed by atoms with E-state index in [-0.39, 0.29) is 12.5 Å². The van der Waals surface area contributed by atoms with E-state index in [1.165, 1.54) is 30.6 Å². The van der Waals surface area contributed by atoms with Gasteiger partial charge in [-0.25, -0.2) is 4.79 Å². The minimum atomic E-state index is -0.964. The summed E-state index contributed by atoms with van der Waals surface area (Å²) in [6.07, 6.45) is 7.64. The molecule has 1 N–H and O–H groups in total. The molecule has 2 fully saturated rings. The van der Waals surface area contributed by atoms with Crippen LogP contribution in [-0.2, 0) is 14.3 Å². The van der Waals surface area contributed by atoms with E-state index in [0.29, 0.717) is 25.5 Å². The standard InChI is InChI=1S/C14H23NO4/c16-13(9-11-5-3-1-2-4-6-11)15-7-8-19-10-12(15)14(17)18/h11-12H,1-10H2,(H,17,18). The minimum absolute atomic E-state index is 0.0115. The average molecular weight is 269 g/mol. The molecule has 1 aliphatic heterocycles. The van der Waals surface area contributed by atoms with Gasteiger partial charge in [0.25, 0.3) is 0 Å². The number of carboxylic acid groups (broad SMARTS) is 1. The zero-order valence-corrected chi connectivity index (χ0v) is 11.3. The van der Waals surface area contributed by atoms with Gasteiger partial charge in [0.2, 0.25) is 5.91 Å². The van der Waals surface area contributed by atoms with Gasteiger partial charge in [-0.2, -0.15) is 0 Å². The van der Waals surface area contributed by atoms with Crippen LogP contribution in [0.5, 0.6) is 0 Å². The van der Waals surface area contributed by atoms with E-state index in [9.17, 15) is 9.59 Å². The third kappa shape index (κ3) is 3.93. The Hall–Kier alpha value is -1.10. The first-order valence-electron chi connectivity index (χ1n) is 7.28. The summed E-state index contributed by atoms with van der Waals surface area (Å²) in [5, 5.41) is 9.13. The highest BCUT2D eigenvalue weighted by atomic mass is 16.5. The zero-order chi connectivity index (χ0) is 13.7. The molecule has 2 rings (SSSR count). The molecule has 5 nitrogen and oxygen atoms in total. The van der Waals surface area contributed by atoms with Crippen molar-refractivity contribution in [3.63, 3.8) is 0 Å². The molecule has 2 aliphatic rings. The predicted molar refractivity (Wildman–Crippen MR) is 69.8 cm³/mol. The molecule has 1 saturated heterocycles. The molecule has 0 aromatic carbocycles. The van der Waals surface area contributed by atoms with Gasteiger partial charge in [-0.1, -0.05) is 25.7 Å². The molecule has 1 amide bonds. The molecular weight excluding hydrogens is 246 g/mol. The summed E-state index contributed by atoms with van der Waals surface area (Å²) in [7, 11) is 0. The van der Waals surface area contributed by atoms with Crippen molar-refractivity contribution >= 4 is 11.9 Å². The molecule has 1 atom stereocenters. The van der Waals surface area contributed by atoms with E-state index in [4.69, 9.17) is 9.84 Å². The van der Waals surface area contributed by atoms with Crippen molar-refractivity contribution in [1.82, 2.24) is 4.90 Å². The molecule has 0 bridgehead atoms. The van der Waals surface area contributed by atoms with Gasteiger partial charge in [-0.05, 0) is 18.8 Å². The molecule has 1 heterocycles. The molecule has 1 aliphatic carbocycles. The Morgan fingerprint density at radius 1 is 1.16 bits per heavy atom. The lowest BCUT2D eigenvalue weighted by molar-refractivity contribution is -0.158. The second-order valence-electron chi connectivity index (χ2n) is 5.58. The second kappa shape index (κ2) is 6.89. The molecule has 1 saturated carbocycles. The smallest absolute Gasteiger partial charge is 0.328 e. The monoisotopic (exact) mass is 269 g/mol. The molecule has 0 spiro atoms. The van der Waals surface area contributed by atoms with E-state index >= 15 is 0 Å². The van der Waals surface area contributed by atoms with Crippen LogP contribution in [0.2, 0.25) is 0 Å². The maximum Gasteiger partial charge on any atom is 0.328 e. The van der Waals surface area contributed by atoms with Crippen molar-refractivity contribution in [1.29, 1.82) is 0 Å². The van der Waals surface area contributed by atoms with Crippen LogP contribution in [0, 0.1) is 5.92 Å². The molecule has 5 heteroatoms. The molecule has 0 aromatic rings. The fraction of sp³-hybridized carbons (Fsp3) is 0.857. The number of amides is 1. The molecule has 1 unspecified atom stereocenters. The van der Waals surface area contributed by atoms with E-state index in [1.807, 2.05) is 0 Å². The van der Waals surface area contributed by atoms with E-state index in [0.717, 1.165) is 12.8 Å². The van der Waals surface area contributed by atoms with Gasteiger partial charge in [0, 0.05) is 13.0 Å². The number of ether oxygens (including phenoxy) is 1. The van der Waals surface area contributed by atoms with Crippen LogP contribution in [-0.4, -0.2) is 47.7 Å². The zero-order valence-electron chi connectivity index (χ0n) is 11.3. The number of rotatable bonds is 3. The van der Waals surface area contributed by atoms with Crippen LogP contribution >= 0.6 is 0 Å². The molecule has 108 valence electrons. The molecule has 19 heavy (non-hydrogen) atoms. The lowest BCUT2D eigenvalue weighted by Crippen LogP contribution is -2.52. The number of hydrogen-bond donors (Lipinski definition) is 1. The Morgan fingerprint density at radius 2 is 1.84 bits per heavy atom. The highest BCUT2D eigenvalue weighted by Gasteiger charge is 2.33. The number of morpholine rings is 1. The lowest BCUT2D eigenvalue weighted by atomic mass is 9.95. The topological polar surface area (TPSA) is 66.8 Å². The van der Waals surface area contributed by atoms with Gasteiger partial charge in [0.15, 0.2) is 6.04 Å². The SMILES string of the molecule is O=C(O)C1COCCN1C(=O)CC1CCCCCC1. The Labute approximate surface area is 113 Å². The Balaban J connectivity index is 1.91. The quantitative estimate of drug-likeness (QED) is 0.791. The molecule has 0 radical (unpaired) electrons. The summed E-state index contributed by atoms with van der Waals surface area (Å²) in [6.45, 7) is 0.967. The van der Waals surface area contributed by atoms with Gasteiger partial charge in [-0.3, -0.25) is 4.79 Å². The van der Waals surface area contributed by atoms with Crippen molar-refractivity contribution in [2.24, 2.45) is 5.92 Å². The minimum Gasteiger partial charge on any atom is -0.480 e. The van der Waals surface area contributed by atoms with Gasteiger partial charge in [0.1, 0.15) is 0 Å². The lowest BCUT2D eigenvalue weighted by Gasteiger charge is -2.33. The van der Waals surface area contributed by atoms with Crippen LogP contribution in [0.4, 0.5) is 0 Å². The van der Waals surface area contributed by atoms with Crippen molar-refractivity contribution in [2.75, 3.05) is 19.8 Å². The highest BCUT2D eigenvalue weighted by molar-refractivity contribution is 5.84. The first-order chi connectivity index (χ1) is 9.18. The Morgan fingerprint density at radius 3 is 2.47 bits per heavy atom. The Bertz CT molecular complexity index is 323. The van der Waals surface area contributed by atoms with Crippen LogP contribution in [0.15, 0.2) is 0 Å². The van der Waals surface area contributed by atoms with E-state index in [2.05, 4.69) is 0 Å². The normalized spacial score (nSPS) is 25.9. The highest BCUT2D eigenvalue weighted by Crippen LogP contribution is 2.26. The fourth-order valence-electron chi connectivity index (χ4n) is 3.04. The summed E-state index contributed by atoms with van der Waals surface area (Å²) in [5.74, 6) is -0.538. The number of carbonyl (C=O) groups excluding carboxylic acids is 1. The number of carboxylic acids is 1. The van der Waals surface area contributed by atoms with Crippen molar-refractivity contribution < 1.29 is 19.4 Å². The van der Waals surface area contributed by atoms with E-state index < -0.39 is 12.0 Å². The molecule has 0 aromatic heterocycles. The summed E-state index contributed by atoms with van der Waals surface area (Å²) in [4.78, 5) is 24.9. The number of nitrogens with zero attached hydrogens (tertiary/aromatic N) is 1. The maximum absolute atomic E-state index is 12.3. The molecular formula is C14H23NO4. The first kappa shape index (κ1) is 14.3. The summed E-state index contributed by atoms with van der Waals surface area (Å²) < 4.78 is 5.16. The van der Waals surface area contributed by atoms with E-state index in [1.54, 1.807) is 0 Å². The Kier molecular flexibility index (Phi) is 5.19. The second-order valence-corrected chi connectivity index (χ2v) is 5.58. The van der Waals surface area contributed by atoms with Gasteiger partial charge < -0.3 is 14.7 Å². The van der Waals surface area contributed by atoms with Gasteiger partial charge in [0.05, 0.1) is 13.2 Å². The van der Waals surface area contributed by atoms with Crippen molar-refractivity contribution in [3.8, 4) is 0 Å².